The summed E-state index contributed by atoms with van der Waals surface area (Å²) in [7, 11) is 0. The topological polar surface area (TPSA) is 52.9 Å². The Bertz CT molecular complexity index is 957. The maximum Gasteiger partial charge on any atom is 0.191 e. The van der Waals surface area contributed by atoms with Crippen molar-refractivity contribution in [3.63, 3.8) is 0 Å². The third kappa shape index (κ3) is 3.29. The lowest BCUT2D eigenvalue weighted by molar-refractivity contribution is 0.102. The first-order chi connectivity index (χ1) is 12.6. The Kier molecular flexibility index (Phi) is 5.51. The van der Waals surface area contributed by atoms with Crippen molar-refractivity contribution in [2.24, 2.45) is 0 Å². The second kappa shape index (κ2) is 7.82. The number of nitrogens with zero attached hydrogens (tertiary/aromatic N) is 1. The number of benzene rings is 2. The quantitative estimate of drug-likeness (QED) is 0.733. The number of rotatable bonds is 4. The summed E-state index contributed by atoms with van der Waals surface area (Å²) in [5.41, 5.74) is 3.16. The van der Waals surface area contributed by atoms with E-state index in [0.717, 1.165) is 16.3 Å². The largest absolute Gasteiger partial charge is 0.353 e. The average Bonchev–Trinajstić information content (AvgIpc) is 2.67. The van der Waals surface area contributed by atoms with Crippen molar-refractivity contribution in [2.45, 2.75) is 12.8 Å². The molecule has 0 aliphatic carbocycles. The van der Waals surface area contributed by atoms with E-state index in [1.807, 2.05) is 49.6 Å². The molecule has 0 radical (unpaired) electrons. The van der Waals surface area contributed by atoms with Crippen LogP contribution in [0.25, 0.3) is 0 Å². The molecule has 0 fully saturated rings. The third-order valence-electron chi connectivity index (χ3n) is 4.35. The second-order valence-corrected chi connectivity index (χ2v) is 7.10. The molecule has 5 heteroatoms. The number of carbonyl (C=O) groups excluding carboxylic acids is 1. The van der Waals surface area contributed by atoms with Crippen LogP contribution in [0.4, 0.5) is 0 Å². The Labute approximate surface area is 162 Å². The number of dihydropyridines is 1. The predicted molar refractivity (Wildman–Crippen MR) is 107 cm³/mol. The number of carbonyl (C=O) groups is 1. The van der Waals surface area contributed by atoms with E-state index in [0.29, 0.717) is 21.7 Å². The number of nitrogens with one attached hydrogen (secondary N) is 1. The second-order valence-electron chi connectivity index (χ2n) is 5.87. The molecule has 0 aromatic heterocycles. The van der Waals surface area contributed by atoms with Crippen LogP contribution in [0.1, 0.15) is 28.8 Å². The van der Waals surface area contributed by atoms with Gasteiger partial charge >= 0.3 is 0 Å². The minimum absolute atomic E-state index is 0.103. The van der Waals surface area contributed by atoms with Crippen LogP contribution in [0.5, 0.6) is 0 Å². The monoisotopic (exact) mass is 380 g/mol. The first-order valence-electron chi connectivity index (χ1n) is 8.08. The maximum absolute atomic E-state index is 13.3. The molecule has 1 heterocycles. The molecule has 2 aromatic carbocycles. The molecule has 3 nitrogen and oxygen atoms in total. The fourth-order valence-corrected chi connectivity index (χ4v) is 4.02. The molecule has 3 rings (SSSR count). The van der Waals surface area contributed by atoms with Gasteiger partial charge in [-0.2, -0.15) is 5.26 Å². The van der Waals surface area contributed by atoms with Crippen LogP contribution in [0, 0.1) is 11.3 Å². The number of ketones is 1. The molecule has 2 aromatic rings. The van der Waals surface area contributed by atoms with Gasteiger partial charge in [-0.1, -0.05) is 60.1 Å². The van der Waals surface area contributed by atoms with Crippen molar-refractivity contribution in [3.05, 3.63) is 92.6 Å². The van der Waals surface area contributed by atoms with Crippen molar-refractivity contribution >= 4 is 29.1 Å². The molecule has 0 saturated heterocycles. The molecule has 1 aliphatic heterocycles. The smallest absolute Gasteiger partial charge is 0.191 e. The van der Waals surface area contributed by atoms with Gasteiger partial charge in [-0.15, -0.1) is 11.8 Å². The van der Waals surface area contributed by atoms with Gasteiger partial charge in [-0.25, -0.2) is 0 Å². The van der Waals surface area contributed by atoms with E-state index in [1.165, 1.54) is 11.8 Å². The van der Waals surface area contributed by atoms with Gasteiger partial charge in [-0.05, 0) is 24.8 Å². The molecule has 0 saturated carbocycles. The molecule has 1 aliphatic rings. The van der Waals surface area contributed by atoms with Gasteiger partial charge in [0.25, 0.3) is 0 Å². The molecule has 0 amide bonds. The van der Waals surface area contributed by atoms with Crippen LogP contribution in [0.15, 0.2) is 76.5 Å². The fraction of sp³-hybridized carbons (Fsp3) is 0.143. The van der Waals surface area contributed by atoms with Crippen LogP contribution >= 0.6 is 23.4 Å². The van der Waals surface area contributed by atoms with Crippen molar-refractivity contribution in [1.82, 2.24) is 5.32 Å². The lowest BCUT2D eigenvalue weighted by Gasteiger charge is -2.30. The highest BCUT2D eigenvalue weighted by atomic mass is 35.5. The highest BCUT2D eigenvalue weighted by molar-refractivity contribution is 8.02. The fourth-order valence-electron chi connectivity index (χ4n) is 3.14. The molecular weight excluding hydrogens is 364 g/mol. The summed E-state index contributed by atoms with van der Waals surface area (Å²) >= 11 is 7.89. The maximum atomic E-state index is 13.3. The van der Waals surface area contributed by atoms with E-state index in [4.69, 9.17) is 11.6 Å². The van der Waals surface area contributed by atoms with Gasteiger partial charge in [0.1, 0.15) is 0 Å². The zero-order valence-corrected chi connectivity index (χ0v) is 16.0. The number of halogens is 1. The summed E-state index contributed by atoms with van der Waals surface area (Å²) in [6.45, 7) is 1.87. The van der Waals surface area contributed by atoms with Crippen LogP contribution < -0.4 is 5.32 Å². The summed E-state index contributed by atoms with van der Waals surface area (Å²) < 4.78 is 0. The first kappa shape index (κ1) is 18.3. The highest BCUT2D eigenvalue weighted by Gasteiger charge is 2.35. The van der Waals surface area contributed by atoms with E-state index in [1.54, 1.807) is 18.2 Å². The number of hydrogen-bond donors (Lipinski definition) is 1. The SMILES string of the molecule is CSC1=C(C#N)C(c2ccccc2Cl)C(C(=O)c2ccccc2)=C(C)N1. The lowest BCUT2D eigenvalue weighted by atomic mass is 9.79. The van der Waals surface area contributed by atoms with E-state index in [-0.39, 0.29) is 5.78 Å². The number of allylic oxidation sites excluding steroid dienone is 3. The summed E-state index contributed by atoms with van der Waals surface area (Å²) in [5.74, 6) is -0.599. The van der Waals surface area contributed by atoms with Gasteiger partial charge in [0.05, 0.1) is 22.6 Å². The molecule has 26 heavy (non-hydrogen) atoms. The summed E-state index contributed by atoms with van der Waals surface area (Å²) in [6, 6.07) is 18.8. The molecular formula is C21H17ClN2OS. The van der Waals surface area contributed by atoms with Gasteiger partial charge < -0.3 is 5.32 Å². The molecule has 0 spiro atoms. The molecule has 0 bridgehead atoms. The van der Waals surface area contributed by atoms with E-state index < -0.39 is 5.92 Å². The number of nitriles is 1. The summed E-state index contributed by atoms with van der Waals surface area (Å²) in [6.07, 6.45) is 1.90. The average molecular weight is 381 g/mol. The summed E-state index contributed by atoms with van der Waals surface area (Å²) in [4.78, 5) is 13.3. The Balaban J connectivity index is 2.22. The Hall–Kier alpha value is -2.48. The van der Waals surface area contributed by atoms with Crippen molar-refractivity contribution in [1.29, 1.82) is 5.26 Å². The van der Waals surface area contributed by atoms with Crippen molar-refractivity contribution in [3.8, 4) is 6.07 Å². The van der Waals surface area contributed by atoms with E-state index in [9.17, 15) is 10.1 Å². The lowest BCUT2D eigenvalue weighted by Crippen LogP contribution is -2.28. The standard InChI is InChI=1S/C21H17ClN2OS/c1-13-18(20(25)14-8-4-3-5-9-14)19(15-10-6-7-11-17(15)22)16(12-23)21(24-13)26-2/h3-11,19,24H,1-2H3. The van der Waals surface area contributed by atoms with Crippen LogP contribution in [0.2, 0.25) is 5.02 Å². The minimum atomic E-state index is -0.495. The number of thioether (sulfide) groups is 1. The van der Waals surface area contributed by atoms with Gasteiger partial charge in [-0.3, -0.25) is 4.79 Å². The van der Waals surface area contributed by atoms with E-state index in [2.05, 4.69) is 11.4 Å². The Morgan fingerprint density at radius 1 is 1.15 bits per heavy atom. The third-order valence-corrected chi connectivity index (χ3v) is 5.42. The van der Waals surface area contributed by atoms with Gasteiger partial charge in [0, 0.05) is 21.9 Å². The predicted octanol–water partition coefficient (Wildman–Crippen LogP) is 5.28. The Morgan fingerprint density at radius 2 is 1.81 bits per heavy atom. The van der Waals surface area contributed by atoms with Crippen molar-refractivity contribution in [2.75, 3.05) is 6.26 Å². The Morgan fingerprint density at radius 3 is 2.42 bits per heavy atom. The highest BCUT2D eigenvalue weighted by Crippen LogP contribution is 2.43. The van der Waals surface area contributed by atoms with Crippen molar-refractivity contribution < 1.29 is 4.79 Å². The van der Waals surface area contributed by atoms with Gasteiger partial charge in [0.15, 0.2) is 5.78 Å². The normalized spacial score (nSPS) is 16.9. The number of hydrogen-bond acceptors (Lipinski definition) is 4. The number of Topliss-reactive ketones (excluding diaryl/α,β-unsaturated/α-hetero) is 1. The van der Waals surface area contributed by atoms with Crippen LogP contribution in [-0.4, -0.2) is 12.0 Å². The molecule has 130 valence electrons. The molecule has 1 atom stereocenters. The van der Waals surface area contributed by atoms with Crippen LogP contribution in [-0.2, 0) is 0 Å². The zero-order chi connectivity index (χ0) is 18.7. The zero-order valence-electron chi connectivity index (χ0n) is 14.4. The first-order valence-corrected chi connectivity index (χ1v) is 9.69. The molecule has 1 N–H and O–H groups in total. The minimum Gasteiger partial charge on any atom is -0.353 e. The van der Waals surface area contributed by atoms with Gasteiger partial charge in [0.2, 0.25) is 0 Å². The molecule has 1 unspecified atom stereocenters. The summed E-state index contributed by atoms with van der Waals surface area (Å²) in [5, 5.41) is 14.3. The van der Waals surface area contributed by atoms with E-state index >= 15 is 0 Å². The van der Waals surface area contributed by atoms with Crippen LogP contribution in [0.3, 0.4) is 0 Å².